The van der Waals surface area contributed by atoms with E-state index in [4.69, 9.17) is 4.74 Å². The zero-order valence-corrected chi connectivity index (χ0v) is 18.3. The molecule has 0 bridgehead atoms. The molecule has 4 rings (SSSR count). The molecule has 0 saturated carbocycles. The van der Waals surface area contributed by atoms with E-state index < -0.39 is 5.60 Å². The van der Waals surface area contributed by atoms with Crippen molar-refractivity contribution in [3.63, 3.8) is 0 Å². The van der Waals surface area contributed by atoms with Crippen molar-refractivity contribution in [1.29, 1.82) is 0 Å². The van der Waals surface area contributed by atoms with Gasteiger partial charge in [0.25, 0.3) is 0 Å². The number of aliphatic hydroxyl groups is 1. The largest absolute Gasteiger partial charge is 0.486 e. The van der Waals surface area contributed by atoms with Gasteiger partial charge in [0.1, 0.15) is 11.9 Å². The van der Waals surface area contributed by atoms with Gasteiger partial charge >= 0.3 is 0 Å². The van der Waals surface area contributed by atoms with Crippen LogP contribution in [-0.2, 0) is 0 Å². The number of likely N-dealkylation sites (N-methyl/N-ethyl adjacent to an activating group) is 1. The fraction of sp³-hybridized carbons (Fsp3) is 0.259. The van der Waals surface area contributed by atoms with E-state index in [1.807, 2.05) is 56.4 Å². The third-order valence-corrected chi connectivity index (χ3v) is 5.79. The number of rotatable bonds is 8. The molecule has 0 aliphatic heterocycles. The van der Waals surface area contributed by atoms with Crippen molar-refractivity contribution in [3.05, 3.63) is 102 Å². The van der Waals surface area contributed by atoms with E-state index in [-0.39, 0.29) is 12.1 Å². The third-order valence-electron chi connectivity index (χ3n) is 5.79. The quantitative estimate of drug-likeness (QED) is 0.409. The van der Waals surface area contributed by atoms with E-state index in [9.17, 15) is 5.11 Å². The molecule has 2 N–H and O–H groups in total. The van der Waals surface area contributed by atoms with Crippen LogP contribution in [-0.4, -0.2) is 28.9 Å². The van der Waals surface area contributed by atoms with Crippen LogP contribution in [0, 0.1) is 0 Å². The zero-order chi connectivity index (χ0) is 21.8. The molecule has 31 heavy (non-hydrogen) atoms. The molecule has 4 heteroatoms. The molecular formula is C27H30N2O2. The lowest BCUT2D eigenvalue weighted by molar-refractivity contribution is 0.0238. The topological polar surface area (TPSA) is 46.4 Å². The predicted octanol–water partition coefficient (Wildman–Crippen LogP) is 5.34. The molecule has 0 aliphatic rings. The molecule has 4 aromatic rings. The Labute approximate surface area is 184 Å². The number of hydrogen-bond donors (Lipinski definition) is 2. The maximum atomic E-state index is 11.4. The van der Waals surface area contributed by atoms with Gasteiger partial charge in [-0.25, -0.2) is 0 Å². The minimum absolute atomic E-state index is 0.0332. The Bertz CT molecular complexity index is 1120. The van der Waals surface area contributed by atoms with Gasteiger partial charge in [-0.15, -0.1) is 0 Å². The second-order valence-electron chi connectivity index (χ2n) is 8.32. The second kappa shape index (κ2) is 8.96. The van der Waals surface area contributed by atoms with Gasteiger partial charge in [-0.2, -0.15) is 0 Å². The number of ether oxygens (including phenoxy) is 1. The number of benzene rings is 3. The number of fused-ring (bicyclic) bond motifs is 1. The molecular weight excluding hydrogens is 384 g/mol. The first kappa shape index (κ1) is 21.2. The zero-order valence-electron chi connectivity index (χ0n) is 18.3. The van der Waals surface area contributed by atoms with Crippen molar-refractivity contribution in [2.45, 2.75) is 31.6 Å². The van der Waals surface area contributed by atoms with Gasteiger partial charge in [0.2, 0.25) is 0 Å². The maximum absolute atomic E-state index is 11.4. The molecule has 1 aromatic heterocycles. The molecule has 3 aromatic carbocycles. The molecule has 4 nitrogen and oxygen atoms in total. The maximum Gasteiger partial charge on any atom is 0.121 e. The van der Waals surface area contributed by atoms with Crippen LogP contribution in [0.15, 0.2) is 91.1 Å². The first-order chi connectivity index (χ1) is 15.0. The highest BCUT2D eigenvalue weighted by Gasteiger charge is 2.34. The van der Waals surface area contributed by atoms with Crippen LogP contribution in [0.25, 0.3) is 10.9 Å². The first-order valence-electron chi connectivity index (χ1n) is 10.7. The lowest BCUT2D eigenvalue weighted by Crippen LogP contribution is -2.44. The summed E-state index contributed by atoms with van der Waals surface area (Å²) in [6.45, 7) is 4.42. The molecule has 3 atom stereocenters. The molecule has 1 unspecified atom stereocenters. The average molecular weight is 415 g/mol. The number of nitrogens with one attached hydrogen (secondary N) is 1. The Hall–Kier alpha value is -3.08. The fourth-order valence-corrected chi connectivity index (χ4v) is 4.35. The van der Waals surface area contributed by atoms with Crippen molar-refractivity contribution in [2.75, 3.05) is 13.6 Å². The molecule has 0 fully saturated rings. The van der Waals surface area contributed by atoms with E-state index in [1.165, 1.54) is 0 Å². The van der Waals surface area contributed by atoms with Crippen LogP contribution >= 0.6 is 0 Å². The molecule has 1 heterocycles. The molecule has 0 saturated heterocycles. The smallest absolute Gasteiger partial charge is 0.121 e. The minimum atomic E-state index is -0.973. The molecule has 0 spiro atoms. The third kappa shape index (κ3) is 4.50. The summed E-state index contributed by atoms with van der Waals surface area (Å²) < 4.78 is 8.36. The van der Waals surface area contributed by atoms with Crippen LogP contribution in [0.5, 0.6) is 5.75 Å². The number of aromatic nitrogens is 1. The summed E-state index contributed by atoms with van der Waals surface area (Å²) in [6.07, 6.45) is 2.02. The highest BCUT2D eigenvalue weighted by molar-refractivity contribution is 5.82. The lowest BCUT2D eigenvalue weighted by atomic mass is 9.89. The summed E-state index contributed by atoms with van der Waals surface area (Å²) in [5.41, 5.74) is 2.30. The Balaban J connectivity index is 1.69. The van der Waals surface area contributed by atoms with E-state index in [2.05, 4.69) is 65.5 Å². The van der Waals surface area contributed by atoms with Crippen LogP contribution in [0.2, 0.25) is 0 Å². The van der Waals surface area contributed by atoms with Gasteiger partial charge in [-0.1, -0.05) is 60.7 Å². The summed E-state index contributed by atoms with van der Waals surface area (Å²) in [5, 5.41) is 15.6. The van der Waals surface area contributed by atoms with Crippen LogP contribution in [0.1, 0.15) is 37.1 Å². The monoisotopic (exact) mass is 414 g/mol. The summed E-state index contributed by atoms with van der Waals surface area (Å²) >= 11 is 0. The number of hydrogen-bond acceptors (Lipinski definition) is 3. The summed E-state index contributed by atoms with van der Waals surface area (Å²) in [6, 6.07) is 28.4. The van der Waals surface area contributed by atoms with Gasteiger partial charge in [0.15, 0.2) is 0 Å². The highest BCUT2D eigenvalue weighted by atomic mass is 16.5. The molecule has 160 valence electrons. The highest BCUT2D eigenvalue weighted by Crippen LogP contribution is 2.35. The Morgan fingerprint density at radius 2 is 1.58 bits per heavy atom. The Kier molecular flexibility index (Phi) is 6.12. The van der Waals surface area contributed by atoms with Crippen molar-refractivity contribution in [2.24, 2.45) is 0 Å². The van der Waals surface area contributed by atoms with Crippen LogP contribution < -0.4 is 10.1 Å². The van der Waals surface area contributed by atoms with Crippen LogP contribution in [0.3, 0.4) is 0 Å². The minimum Gasteiger partial charge on any atom is -0.486 e. The molecule has 0 aliphatic carbocycles. The first-order valence-corrected chi connectivity index (χ1v) is 10.7. The van der Waals surface area contributed by atoms with Crippen molar-refractivity contribution < 1.29 is 9.84 Å². The lowest BCUT2D eigenvalue weighted by Gasteiger charge is -2.35. The van der Waals surface area contributed by atoms with E-state index >= 15 is 0 Å². The van der Waals surface area contributed by atoms with Crippen LogP contribution in [0.4, 0.5) is 0 Å². The van der Waals surface area contributed by atoms with Gasteiger partial charge in [-0.3, -0.25) is 0 Å². The summed E-state index contributed by atoms with van der Waals surface area (Å²) in [7, 11) is 1.86. The van der Waals surface area contributed by atoms with Crippen molar-refractivity contribution in [1.82, 2.24) is 9.88 Å². The SMILES string of the molecule is CNC[C@](C)(O)[C@H](c1ccccc1)n1ccc2cc(OC(C)c3ccccc3)ccc21. The van der Waals surface area contributed by atoms with Crippen molar-refractivity contribution in [3.8, 4) is 5.75 Å². The normalized spacial score (nSPS) is 15.4. The molecule has 0 radical (unpaired) electrons. The number of nitrogens with zero attached hydrogens (tertiary/aromatic N) is 1. The van der Waals surface area contributed by atoms with E-state index in [0.717, 1.165) is 27.8 Å². The van der Waals surface area contributed by atoms with E-state index in [0.29, 0.717) is 6.54 Å². The van der Waals surface area contributed by atoms with Crippen molar-refractivity contribution >= 4 is 10.9 Å². The second-order valence-corrected chi connectivity index (χ2v) is 8.32. The predicted molar refractivity (Wildman–Crippen MR) is 127 cm³/mol. The standard InChI is InChI=1S/C27H30N2O2/c1-20(21-10-6-4-7-11-21)31-24-14-15-25-23(18-24)16-17-29(25)26(27(2,30)19-28-3)22-12-8-5-9-13-22/h4-18,20,26,28,30H,19H2,1-3H3/t20?,26-,27-/m0/s1. The summed E-state index contributed by atoms with van der Waals surface area (Å²) in [4.78, 5) is 0. The van der Waals surface area contributed by atoms with Gasteiger partial charge in [-0.05, 0) is 56.3 Å². The Morgan fingerprint density at radius 1 is 0.935 bits per heavy atom. The van der Waals surface area contributed by atoms with Gasteiger partial charge in [0.05, 0.1) is 11.6 Å². The Morgan fingerprint density at radius 3 is 2.23 bits per heavy atom. The van der Waals surface area contributed by atoms with Gasteiger partial charge in [0, 0.05) is 23.6 Å². The summed E-state index contributed by atoms with van der Waals surface area (Å²) in [5.74, 6) is 0.833. The molecule has 0 amide bonds. The fourth-order valence-electron chi connectivity index (χ4n) is 4.35. The van der Waals surface area contributed by atoms with E-state index in [1.54, 1.807) is 0 Å². The van der Waals surface area contributed by atoms with Gasteiger partial charge < -0.3 is 19.7 Å². The average Bonchev–Trinajstić information content (AvgIpc) is 3.17.